The molecular formula is C23H21FN2S4. The molecule has 1 aliphatic carbocycles. The average Bonchev–Trinajstić information content (AvgIpc) is 3.11. The van der Waals surface area contributed by atoms with Gasteiger partial charge < -0.3 is 4.57 Å². The predicted molar refractivity (Wildman–Crippen MR) is 130 cm³/mol. The van der Waals surface area contributed by atoms with Gasteiger partial charge in [0.1, 0.15) is 10.2 Å². The largest absolute Gasteiger partial charge is 0.314 e. The highest BCUT2D eigenvalue weighted by atomic mass is 32.2. The third kappa shape index (κ3) is 4.17. The van der Waals surface area contributed by atoms with Crippen molar-refractivity contribution in [1.82, 2.24) is 4.57 Å². The zero-order chi connectivity index (χ0) is 20.5. The van der Waals surface area contributed by atoms with Gasteiger partial charge in [-0.05, 0) is 66.7 Å². The lowest BCUT2D eigenvalue weighted by atomic mass is 9.95. The first-order valence-corrected chi connectivity index (χ1v) is 13.1. The van der Waals surface area contributed by atoms with Crippen LogP contribution in [0, 0.1) is 9.77 Å². The van der Waals surface area contributed by atoms with E-state index in [0.717, 1.165) is 14.0 Å². The molecule has 30 heavy (non-hydrogen) atoms. The summed E-state index contributed by atoms with van der Waals surface area (Å²) in [6, 6.07) is 17.5. The van der Waals surface area contributed by atoms with E-state index < -0.39 is 0 Å². The highest BCUT2D eigenvalue weighted by molar-refractivity contribution is 8.39. The van der Waals surface area contributed by atoms with Crippen LogP contribution in [-0.4, -0.2) is 8.94 Å². The highest BCUT2D eigenvalue weighted by Gasteiger charge is 2.33. The number of hydrogen-bond acceptors (Lipinski definition) is 5. The van der Waals surface area contributed by atoms with E-state index >= 15 is 0 Å². The number of aromatic nitrogens is 1. The second-order valence-corrected chi connectivity index (χ2v) is 11.6. The first kappa shape index (κ1) is 20.5. The Labute approximate surface area is 193 Å². The monoisotopic (exact) mass is 472 g/mol. The first-order valence-electron chi connectivity index (χ1n) is 10.2. The van der Waals surface area contributed by atoms with E-state index in [9.17, 15) is 4.39 Å². The summed E-state index contributed by atoms with van der Waals surface area (Å²) in [5.41, 5.74) is 2.04. The minimum absolute atomic E-state index is 0.179. The summed E-state index contributed by atoms with van der Waals surface area (Å²) in [6.45, 7) is 0. The second-order valence-electron chi connectivity index (χ2n) is 7.56. The summed E-state index contributed by atoms with van der Waals surface area (Å²) in [6.07, 6.45) is 6.27. The lowest BCUT2D eigenvalue weighted by molar-refractivity contribution is 0.337. The van der Waals surface area contributed by atoms with E-state index in [1.165, 1.54) is 59.7 Å². The van der Waals surface area contributed by atoms with Crippen LogP contribution in [0.2, 0.25) is 0 Å². The van der Waals surface area contributed by atoms with E-state index in [4.69, 9.17) is 17.2 Å². The highest BCUT2D eigenvalue weighted by Crippen LogP contribution is 2.53. The molecule has 0 amide bonds. The molecule has 1 atom stereocenters. The minimum Gasteiger partial charge on any atom is -0.314 e. The molecule has 0 bridgehead atoms. The molecule has 2 nitrogen and oxygen atoms in total. The van der Waals surface area contributed by atoms with Crippen LogP contribution in [0.25, 0.3) is 0 Å². The van der Waals surface area contributed by atoms with Crippen LogP contribution >= 0.6 is 47.1 Å². The average molecular weight is 473 g/mol. The first-order chi connectivity index (χ1) is 14.7. The van der Waals surface area contributed by atoms with Gasteiger partial charge in [0.05, 0.1) is 20.8 Å². The SMILES string of the molecule is Fc1ccc(N=C2Sc3c(sc(=S)n3C3CCCCC3)C(c3ccccc3)S2)cc1. The zero-order valence-electron chi connectivity index (χ0n) is 16.3. The standard InChI is InChI=1S/C23H21FN2S4/c24-16-11-13-17(14-12-16)25-22-28-19(15-7-3-1-4-8-15)20-21(30-22)26(23(27)29-20)18-9-5-2-6-10-18/h1,3-4,7-8,11-14,18-19H,2,5-6,9-10H2. The van der Waals surface area contributed by atoms with Gasteiger partial charge in [0, 0.05) is 6.04 Å². The molecule has 154 valence electrons. The summed E-state index contributed by atoms with van der Waals surface area (Å²) in [4.78, 5) is 6.20. The van der Waals surface area contributed by atoms with Crippen LogP contribution in [-0.2, 0) is 0 Å². The Hall–Kier alpha value is -1.41. The minimum atomic E-state index is -0.240. The molecule has 2 aromatic carbocycles. The summed E-state index contributed by atoms with van der Waals surface area (Å²) >= 11 is 11.1. The van der Waals surface area contributed by atoms with Gasteiger partial charge >= 0.3 is 0 Å². The Balaban J connectivity index is 1.60. The van der Waals surface area contributed by atoms with E-state index in [0.29, 0.717) is 6.04 Å². The van der Waals surface area contributed by atoms with Crippen molar-refractivity contribution in [1.29, 1.82) is 0 Å². The van der Waals surface area contributed by atoms with Gasteiger partial charge in [-0.1, -0.05) is 61.4 Å². The molecule has 0 radical (unpaired) electrons. The van der Waals surface area contributed by atoms with Crippen molar-refractivity contribution in [3.63, 3.8) is 0 Å². The molecular weight excluding hydrogens is 452 g/mol. The number of rotatable bonds is 3. The van der Waals surface area contributed by atoms with E-state index in [2.05, 4.69) is 34.9 Å². The van der Waals surface area contributed by atoms with Crippen molar-refractivity contribution in [3.05, 3.63) is 74.8 Å². The Morgan fingerprint density at radius 1 is 0.967 bits per heavy atom. The third-order valence-electron chi connectivity index (χ3n) is 5.55. The van der Waals surface area contributed by atoms with Crippen LogP contribution in [0.3, 0.4) is 0 Å². The van der Waals surface area contributed by atoms with Gasteiger partial charge in [0.15, 0.2) is 3.95 Å². The fourth-order valence-corrected chi connectivity index (χ4v) is 8.74. The number of benzene rings is 2. The van der Waals surface area contributed by atoms with Crippen molar-refractivity contribution in [2.75, 3.05) is 0 Å². The fourth-order valence-electron chi connectivity index (χ4n) is 4.09. The summed E-state index contributed by atoms with van der Waals surface area (Å²) < 4.78 is 17.7. The van der Waals surface area contributed by atoms with Crippen molar-refractivity contribution < 1.29 is 4.39 Å². The van der Waals surface area contributed by atoms with Crippen LogP contribution < -0.4 is 0 Å². The lowest BCUT2D eigenvalue weighted by Crippen LogP contribution is -2.16. The second kappa shape index (κ2) is 8.99. The van der Waals surface area contributed by atoms with Gasteiger partial charge in [0.2, 0.25) is 0 Å². The Bertz CT molecular complexity index is 1110. The van der Waals surface area contributed by atoms with Gasteiger partial charge in [-0.15, -0.1) is 11.3 Å². The predicted octanol–water partition coefficient (Wildman–Crippen LogP) is 8.54. The maximum atomic E-state index is 13.3. The molecule has 3 aromatic rings. The molecule has 0 spiro atoms. The van der Waals surface area contributed by atoms with Crippen LogP contribution in [0.15, 0.2) is 64.6 Å². The number of hydrogen-bond donors (Lipinski definition) is 0. The number of fused-ring (bicyclic) bond motifs is 1. The van der Waals surface area contributed by atoms with E-state index in [1.54, 1.807) is 47.0 Å². The summed E-state index contributed by atoms with van der Waals surface area (Å²) in [7, 11) is 0. The lowest BCUT2D eigenvalue weighted by Gasteiger charge is -2.28. The molecule has 2 aliphatic rings. The normalized spacial score (nSPS) is 21.0. The molecule has 2 heterocycles. The quantitative estimate of drug-likeness (QED) is 0.356. The molecule has 1 aromatic heterocycles. The summed E-state index contributed by atoms with van der Waals surface area (Å²) in [5.74, 6) is -0.240. The van der Waals surface area contributed by atoms with Crippen LogP contribution in [0.4, 0.5) is 10.1 Å². The molecule has 5 rings (SSSR count). The van der Waals surface area contributed by atoms with Crippen molar-refractivity contribution in [3.8, 4) is 0 Å². The molecule has 7 heteroatoms. The van der Waals surface area contributed by atoms with Crippen LogP contribution in [0.1, 0.15) is 53.8 Å². The number of halogens is 1. The molecule has 1 fully saturated rings. The Kier molecular flexibility index (Phi) is 6.14. The maximum Gasteiger partial charge on any atom is 0.162 e. The molecule has 1 saturated carbocycles. The van der Waals surface area contributed by atoms with E-state index in [-0.39, 0.29) is 11.1 Å². The fraction of sp³-hybridized carbons (Fsp3) is 0.304. The molecule has 0 N–H and O–H groups in total. The molecule has 0 saturated heterocycles. The number of aliphatic imine (C=N–C) groups is 1. The van der Waals surface area contributed by atoms with Gasteiger partial charge in [0.25, 0.3) is 0 Å². The number of nitrogens with zero attached hydrogens (tertiary/aromatic N) is 2. The van der Waals surface area contributed by atoms with Crippen molar-refractivity contribution in [2.24, 2.45) is 4.99 Å². The summed E-state index contributed by atoms with van der Waals surface area (Å²) in [5, 5.41) is 1.43. The zero-order valence-corrected chi connectivity index (χ0v) is 19.6. The number of thiazole rings is 1. The Morgan fingerprint density at radius 2 is 1.70 bits per heavy atom. The molecule has 1 unspecified atom stereocenters. The van der Waals surface area contributed by atoms with Gasteiger partial charge in [-0.25, -0.2) is 9.38 Å². The number of thioether (sulfide) groups is 2. The topological polar surface area (TPSA) is 17.3 Å². The molecule has 1 aliphatic heterocycles. The smallest absolute Gasteiger partial charge is 0.162 e. The maximum absolute atomic E-state index is 13.3. The van der Waals surface area contributed by atoms with Gasteiger partial charge in [-0.3, -0.25) is 0 Å². The van der Waals surface area contributed by atoms with Gasteiger partial charge in [-0.2, -0.15) is 0 Å². The Morgan fingerprint density at radius 3 is 2.43 bits per heavy atom. The van der Waals surface area contributed by atoms with E-state index in [1.807, 2.05) is 0 Å². The van der Waals surface area contributed by atoms with Crippen LogP contribution in [0.5, 0.6) is 0 Å². The third-order valence-corrected chi connectivity index (χ3v) is 9.75. The van der Waals surface area contributed by atoms with Crippen molar-refractivity contribution in [2.45, 2.75) is 48.4 Å². The van der Waals surface area contributed by atoms with Crippen molar-refractivity contribution >= 4 is 57.1 Å².